The van der Waals surface area contributed by atoms with E-state index in [0.29, 0.717) is 12.1 Å². The highest BCUT2D eigenvalue weighted by atomic mass is 32.1. The summed E-state index contributed by atoms with van der Waals surface area (Å²) in [6.07, 6.45) is 1.75. The first kappa shape index (κ1) is 14.8. The molecule has 2 heterocycles. The van der Waals surface area contributed by atoms with Crippen LogP contribution in [-0.2, 0) is 13.0 Å². The molecule has 6 nitrogen and oxygen atoms in total. The van der Waals surface area contributed by atoms with E-state index in [2.05, 4.69) is 14.3 Å². The molecule has 116 valence electrons. The lowest BCUT2D eigenvalue weighted by Crippen LogP contribution is -2.30. The van der Waals surface area contributed by atoms with Gasteiger partial charge in [-0.1, -0.05) is 6.07 Å². The zero-order chi connectivity index (χ0) is 15.7. The van der Waals surface area contributed by atoms with Crippen LogP contribution >= 0.6 is 11.5 Å². The Kier molecular flexibility index (Phi) is 3.98. The Labute approximate surface area is 133 Å². The van der Waals surface area contributed by atoms with Gasteiger partial charge < -0.3 is 14.9 Å². The third-order valence-electron chi connectivity index (χ3n) is 3.75. The fourth-order valence-corrected chi connectivity index (χ4v) is 3.32. The van der Waals surface area contributed by atoms with Crippen molar-refractivity contribution in [1.29, 1.82) is 0 Å². The van der Waals surface area contributed by atoms with Crippen molar-refractivity contribution in [3.63, 3.8) is 0 Å². The van der Waals surface area contributed by atoms with Gasteiger partial charge in [-0.3, -0.25) is 0 Å². The molecule has 0 amide bonds. The van der Waals surface area contributed by atoms with Crippen LogP contribution in [-0.4, -0.2) is 41.1 Å². The molecule has 0 aliphatic carbocycles. The number of carbonyl (C=O) groups is 1. The van der Waals surface area contributed by atoms with E-state index in [9.17, 15) is 9.90 Å². The molecule has 0 atom stereocenters. The summed E-state index contributed by atoms with van der Waals surface area (Å²) in [6.45, 7) is 1.51. The van der Waals surface area contributed by atoms with Crippen LogP contribution < -0.4 is 9.80 Å². The molecule has 1 aromatic carbocycles. The Morgan fingerprint density at radius 1 is 1.45 bits per heavy atom. The molecular weight excluding hydrogens is 300 g/mol. The van der Waals surface area contributed by atoms with Gasteiger partial charge in [-0.05, 0) is 30.5 Å². The van der Waals surface area contributed by atoms with Gasteiger partial charge in [-0.15, -0.1) is 0 Å². The zero-order valence-corrected chi connectivity index (χ0v) is 13.4. The summed E-state index contributed by atoms with van der Waals surface area (Å²) in [5.41, 5.74) is 2.32. The molecule has 7 heteroatoms. The number of anilines is 2. The van der Waals surface area contributed by atoms with Gasteiger partial charge in [0.1, 0.15) is 0 Å². The van der Waals surface area contributed by atoms with Crippen molar-refractivity contribution < 1.29 is 9.90 Å². The fraction of sp³-hybridized carbons (Fsp3) is 0.400. The third-order valence-corrected chi connectivity index (χ3v) is 4.67. The van der Waals surface area contributed by atoms with E-state index in [0.717, 1.165) is 41.6 Å². The van der Waals surface area contributed by atoms with Gasteiger partial charge in [-0.25, -0.2) is 9.78 Å². The van der Waals surface area contributed by atoms with Crippen molar-refractivity contribution in [1.82, 2.24) is 9.36 Å². The summed E-state index contributed by atoms with van der Waals surface area (Å²) < 4.78 is 4.39. The first-order valence-corrected chi connectivity index (χ1v) is 7.93. The lowest BCUT2D eigenvalue weighted by molar-refractivity contribution is 0.0695. The Balaban J connectivity index is 1.88. The molecule has 1 N–H and O–H groups in total. The Bertz CT molecular complexity index is 699. The molecule has 1 aromatic heterocycles. The Hall–Kier alpha value is -2.15. The minimum absolute atomic E-state index is 0.405. The van der Waals surface area contributed by atoms with E-state index in [1.807, 2.05) is 25.1 Å². The molecule has 0 spiro atoms. The van der Waals surface area contributed by atoms with E-state index >= 15 is 0 Å². The molecule has 0 saturated heterocycles. The maximum atomic E-state index is 11.4. The summed E-state index contributed by atoms with van der Waals surface area (Å²) in [7, 11) is 3.89. The largest absolute Gasteiger partial charge is 0.478 e. The number of hydrogen-bond acceptors (Lipinski definition) is 6. The maximum absolute atomic E-state index is 11.4. The van der Waals surface area contributed by atoms with Gasteiger partial charge >= 0.3 is 5.97 Å². The van der Waals surface area contributed by atoms with Crippen LogP contribution in [0.2, 0.25) is 0 Å². The molecule has 22 heavy (non-hydrogen) atoms. The predicted octanol–water partition coefficient (Wildman–Crippen LogP) is 2.26. The highest BCUT2D eigenvalue weighted by Crippen LogP contribution is 2.31. The lowest BCUT2D eigenvalue weighted by Gasteiger charge is -2.31. The molecule has 0 radical (unpaired) electrons. The average Bonchev–Trinajstić information content (AvgIpc) is 2.95. The fourth-order valence-electron chi connectivity index (χ4n) is 2.73. The maximum Gasteiger partial charge on any atom is 0.336 e. The van der Waals surface area contributed by atoms with Crippen LogP contribution in [0.25, 0.3) is 0 Å². The SMILES string of the molecule is CN(C)c1nc(CN2CCCc3c(C(=O)O)cccc32)ns1. The number of fused-ring (bicyclic) bond motifs is 1. The summed E-state index contributed by atoms with van der Waals surface area (Å²) in [6, 6.07) is 5.47. The first-order valence-electron chi connectivity index (χ1n) is 7.16. The van der Waals surface area contributed by atoms with Crippen molar-refractivity contribution >= 4 is 28.3 Å². The molecular formula is C15H18N4O2S. The monoisotopic (exact) mass is 318 g/mol. The Morgan fingerprint density at radius 3 is 2.95 bits per heavy atom. The minimum atomic E-state index is -0.861. The van der Waals surface area contributed by atoms with Gasteiger partial charge in [0.15, 0.2) is 5.82 Å². The van der Waals surface area contributed by atoms with Gasteiger partial charge in [0.25, 0.3) is 0 Å². The number of nitrogens with zero attached hydrogens (tertiary/aromatic N) is 4. The number of hydrogen-bond donors (Lipinski definition) is 1. The van der Waals surface area contributed by atoms with E-state index < -0.39 is 5.97 Å². The quantitative estimate of drug-likeness (QED) is 0.932. The highest BCUT2D eigenvalue weighted by molar-refractivity contribution is 7.09. The molecule has 1 aliphatic heterocycles. The summed E-state index contributed by atoms with van der Waals surface area (Å²) in [5, 5.41) is 10.2. The molecule has 3 rings (SSSR count). The molecule has 0 unspecified atom stereocenters. The number of carboxylic acids is 1. The number of aromatic carboxylic acids is 1. The minimum Gasteiger partial charge on any atom is -0.478 e. The van der Waals surface area contributed by atoms with Crippen LogP contribution in [0.4, 0.5) is 10.8 Å². The second kappa shape index (κ2) is 5.92. The van der Waals surface area contributed by atoms with Crippen molar-refractivity contribution in [3.05, 3.63) is 35.2 Å². The van der Waals surface area contributed by atoms with Gasteiger partial charge in [0.2, 0.25) is 5.13 Å². The summed E-state index contributed by atoms with van der Waals surface area (Å²) in [4.78, 5) is 20.0. The second-order valence-electron chi connectivity index (χ2n) is 5.52. The van der Waals surface area contributed by atoms with Crippen molar-refractivity contribution in [2.45, 2.75) is 19.4 Å². The molecule has 2 aromatic rings. The van der Waals surface area contributed by atoms with Gasteiger partial charge in [0.05, 0.1) is 12.1 Å². The molecule has 0 fully saturated rings. The van der Waals surface area contributed by atoms with Crippen molar-refractivity contribution in [2.24, 2.45) is 0 Å². The summed E-state index contributed by atoms with van der Waals surface area (Å²) >= 11 is 1.38. The number of benzene rings is 1. The van der Waals surface area contributed by atoms with E-state index in [-0.39, 0.29) is 0 Å². The van der Waals surface area contributed by atoms with Gasteiger partial charge in [-0.2, -0.15) is 4.37 Å². The van der Waals surface area contributed by atoms with Crippen molar-refractivity contribution in [2.75, 3.05) is 30.4 Å². The standard InChI is InChI=1S/C15H18N4O2S/c1-18(2)15-16-13(17-22-15)9-19-8-4-6-10-11(14(20)21)5-3-7-12(10)19/h3,5,7H,4,6,8-9H2,1-2H3,(H,20,21). The van der Waals surface area contributed by atoms with Crippen LogP contribution in [0.3, 0.4) is 0 Å². The number of carboxylic acid groups (broad SMARTS) is 1. The van der Waals surface area contributed by atoms with Crippen molar-refractivity contribution in [3.8, 4) is 0 Å². The average molecular weight is 318 g/mol. The van der Waals surface area contributed by atoms with Gasteiger partial charge in [0, 0.05) is 37.9 Å². The molecule has 0 saturated carbocycles. The summed E-state index contributed by atoms with van der Waals surface area (Å²) in [5.74, 6) is -0.0809. The lowest BCUT2D eigenvalue weighted by atomic mass is 9.96. The first-order chi connectivity index (χ1) is 10.6. The normalized spacial score (nSPS) is 13.8. The van der Waals surface area contributed by atoms with Crippen LogP contribution in [0.15, 0.2) is 18.2 Å². The molecule has 0 bridgehead atoms. The smallest absolute Gasteiger partial charge is 0.336 e. The number of aromatic nitrogens is 2. The Morgan fingerprint density at radius 2 is 2.27 bits per heavy atom. The van der Waals surface area contributed by atoms with Crippen LogP contribution in [0.5, 0.6) is 0 Å². The van der Waals surface area contributed by atoms with Crippen LogP contribution in [0.1, 0.15) is 28.2 Å². The zero-order valence-electron chi connectivity index (χ0n) is 12.6. The number of rotatable bonds is 4. The van der Waals surface area contributed by atoms with E-state index in [1.165, 1.54) is 11.5 Å². The highest BCUT2D eigenvalue weighted by Gasteiger charge is 2.23. The second-order valence-corrected chi connectivity index (χ2v) is 6.25. The topological polar surface area (TPSA) is 69.6 Å². The van der Waals surface area contributed by atoms with E-state index in [4.69, 9.17) is 0 Å². The molecule has 1 aliphatic rings. The van der Waals surface area contributed by atoms with E-state index in [1.54, 1.807) is 12.1 Å². The third kappa shape index (κ3) is 2.76. The van der Waals surface area contributed by atoms with Crippen LogP contribution in [0, 0.1) is 0 Å². The predicted molar refractivity (Wildman–Crippen MR) is 87.0 cm³/mol.